The number of hydrogen-bond donors (Lipinski definition) is 1. The van der Waals surface area contributed by atoms with Gasteiger partial charge in [0.25, 0.3) is 0 Å². The Morgan fingerprint density at radius 1 is 1.67 bits per heavy atom. The van der Waals surface area contributed by atoms with Crippen LogP contribution in [-0.2, 0) is 0 Å². The van der Waals surface area contributed by atoms with Gasteiger partial charge in [0.15, 0.2) is 0 Å². The lowest BCUT2D eigenvalue weighted by molar-refractivity contribution is 1.02. The lowest BCUT2D eigenvalue weighted by Gasteiger charge is -2.05. The maximum absolute atomic E-state index is 5.43. The molecule has 0 radical (unpaired) electrons. The normalized spacial score (nSPS) is 9.83. The Labute approximate surface area is 80.6 Å². The van der Waals surface area contributed by atoms with Crippen molar-refractivity contribution >= 4 is 21.5 Å². The molecule has 0 amide bonds. The molecule has 1 aromatic rings. The standard InChI is InChI=1S/C9H11BrN2/c1-7(2-4-11)8-3-5-12-6-9(8)10/h3,5-6H,1-2,4,11H2. The van der Waals surface area contributed by atoms with Gasteiger partial charge in [0, 0.05) is 16.9 Å². The summed E-state index contributed by atoms with van der Waals surface area (Å²) in [6.45, 7) is 4.57. The van der Waals surface area contributed by atoms with Crippen LogP contribution in [0.1, 0.15) is 12.0 Å². The minimum absolute atomic E-state index is 0.633. The predicted octanol–water partition coefficient (Wildman–Crippen LogP) is 2.21. The number of nitrogens with two attached hydrogens (primary N) is 1. The van der Waals surface area contributed by atoms with Crippen LogP contribution in [0.15, 0.2) is 29.5 Å². The largest absolute Gasteiger partial charge is 0.330 e. The fourth-order valence-corrected chi connectivity index (χ4v) is 1.50. The van der Waals surface area contributed by atoms with Gasteiger partial charge in [-0.05, 0) is 46.1 Å². The number of aromatic nitrogens is 1. The van der Waals surface area contributed by atoms with E-state index in [0.717, 1.165) is 22.0 Å². The van der Waals surface area contributed by atoms with Gasteiger partial charge in [-0.1, -0.05) is 6.58 Å². The summed E-state index contributed by atoms with van der Waals surface area (Å²) in [6.07, 6.45) is 4.33. The Balaban J connectivity index is 2.87. The van der Waals surface area contributed by atoms with E-state index in [1.54, 1.807) is 12.4 Å². The molecule has 1 heterocycles. The van der Waals surface area contributed by atoms with Gasteiger partial charge < -0.3 is 5.73 Å². The lowest BCUT2D eigenvalue weighted by atomic mass is 10.1. The molecule has 0 aliphatic carbocycles. The molecule has 3 heteroatoms. The summed E-state index contributed by atoms with van der Waals surface area (Å²) >= 11 is 3.40. The highest BCUT2D eigenvalue weighted by Gasteiger charge is 2.01. The van der Waals surface area contributed by atoms with E-state index in [1.165, 1.54) is 0 Å². The molecule has 0 spiro atoms. The Hall–Kier alpha value is -0.670. The van der Waals surface area contributed by atoms with E-state index in [-0.39, 0.29) is 0 Å². The third-order valence-corrected chi connectivity index (χ3v) is 2.23. The smallest absolute Gasteiger partial charge is 0.0433 e. The molecule has 0 saturated carbocycles. The number of hydrogen-bond acceptors (Lipinski definition) is 2. The molecule has 0 aliphatic heterocycles. The quantitative estimate of drug-likeness (QED) is 0.859. The first kappa shape index (κ1) is 9.42. The number of nitrogens with zero attached hydrogens (tertiary/aromatic N) is 1. The van der Waals surface area contributed by atoms with Crippen molar-refractivity contribution in [2.75, 3.05) is 6.54 Å². The van der Waals surface area contributed by atoms with Crippen LogP contribution < -0.4 is 5.73 Å². The van der Waals surface area contributed by atoms with E-state index in [0.29, 0.717) is 6.54 Å². The molecule has 12 heavy (non-hydrogen) atoms. The molecular formula is C9H11BrN2. The zero-order chi connectivity index (χ0) is 8.97. The van der Waals surface area contributed by atoms with Crippen LogP contribution in [0.5, 0.6) is 0 Å². The van der Waals surface area contributed by atoms with E-state index in [1.807, 2.05) is 6.07 Å². The SMILES string of the molecule is C=C(CCN)c1ccncc1Br. The molecular weight excluding hydrogens is 216 g/mol. The summed E-state index contributed by atoms with van der Waals surface area (Å²) in [5, 5.41) is 0. The molecule has 0 saturated heterocycles. The second kappa shape index (κ2) is 4.38. The first-order valence-corrected chi connectivity index (χ1v) is 4.52. The van der Waals surface area contributed by atoms with Gasteiger partial charge in [-0.15, -0.1) is 0 Å². The molecule has 64 valence electrons. The molecule has 1 rings (SSSR count). The van der Waals surface area contributed by atoms with Crippen molar-refractivity contribution in [3.8, 4) is 0 Å². The molecule has 2 nitrogen and oxygen atoms in total. The van der Waals surface area contributed by atoms with E-state index < -0.39 is 0 Å². The molecule has 2 N–H and O–H groups in total. The van der Waals surface area contributed by atoms with Crippen molar-refractivity contribution in [1.82, 2.24) is 4.98 Å². The molecule has 0 fully saturated rings. The third-order valence-electron chi connectivity index (χ3n) is 1.60. The molecule has 0 atom stereocenters. The van der Waals surface area contributed by atoms with Gasteiger partial charge >= 0.3 is 0 Å². The fourth-order valence-electron chi connectivity index (χ4n) is 0.971. The first-order valence-electron chi connectivity index (χ1n) is 3.73. The summed E-state index contributed by atoms with van der Waals surface area (Å²) in [7, 11) is 0. The van der Waals surface area contributed by atoms with Crippen molar-refractivity contribution in [1.29, 1.82) is 0 Å². The summed E-state index contributed by atoms with van der Waals surface area (Å²) in [4.78, 5) is 3.97. The van der Waals surface area contributed by atoms with E-state index in [2.05, 4.69) is 27.5 Å². The van der Waals surface area contributed by atoms with Crippen LogP contribution in [0.4, 0.5) is 0 Å². The zero-order valence-electron chi connectivity index (χ0n) is 6.76. The van der Waals surface area contributed by atoms with Crippen molar-refractivity contribution in [3.05, 3.63) is 35.1 Å². The van der Waals surface area contributed by atoms with Crippen molar-refractivity contribution in [2.24, 2.45) is 5.73 Å². The van der Waals surface area contributed by atoms with Gasteiger partial charge in [-0.25, -0.2) is 0 Å². The van der Waals surface area contributed by atoms with Crippen molar-refractivity contribution < 1.29 is 0 Å². The van der Waals surface area contributed by atoms with E-state index >= 15 is 0 Å². The summed E-state index contributed by atoms with van der Waals surface area (Å²) in [5.41, 5.74) is 7.57. The fraction of sp³-hybridized carbons (Fsp3) is 0.222. The molecule has 0 bridgehead atoms. The molecule has 1 aromatic heterocycles. The van der Waals surface area contributed by atoms with Crippen LogP contribution in [0.2, 0.25) is 0 Å². The van der Waals surface area contributed by atoms with Crippen LogP contribution >= 0.6 is 15.9 Å². The van der Waals surface area contributed by atoms with E-state index in [9.17, 15) is 0 Å². The average molecular weight is 227 g/mol. The average Bonchev–Trinajstić information content (AvgIpc) is 2.05. The van der Waals surface area contributed by atoms with Crippen LogP contribution in [0.25, 0.3) is 5.57 Å². The van der Waals surface area contributed by atoms with Crippen molar-refractivity contribution in [2.45, 2.75) is 6.42 Å². The molecule has 0 aromatic carbocycles. The van der Waals surface area contributed by atoms with E-state index in [4.69, 9.17) is 5.73 Å². The Kier molecular flexibility index (Phi) is 3.44. The van der Waals surface area contributed by atoms with Crippen LogP contribution in [0.3, 0.4) is 0 Å². The first-order chi connectivity index (χ1) is 5.75. The van der Waals surface area contributed by atoms with Gasteiger partial charge in [-0.3, -0.25) is 4.98 Å². The molecule has 0 aliphatic rings. The molecule has 0 unspecified atom stereocenters. The van der Waals surface area contributed by atoms with Gasteiger partial charge in [0.1, 0.15) is 0 Å². The van der Waals surface area contributed by atoms with Crippen LogP contribution in [-0.4, -0.2) is 11.5 Å². The maximum atomic E-state index is 5.43. The predicted molar refractivity (Wildman–Crippen MR) is 54.6 cm³/mol. The van der Waals surface area contributed by atoms with Gasteiger partial charge in [-0.2, -0.15) is 0 Å². The highest BCUT2D eigenvalue weighted by atomic mass is 79.9. The minimum atomic E-state index is 0.633. The van der Waals surface area contributed by atoms with Gasteiger partial charge in [0.2, 0.25) is 0 Å². The topological polar surface area (TPSA) is 38.9 Å². The van der Waals surface area contributed by atoms with Gasteiger partial charge in [0.05, 0.1) is 0 Å². The Bertz CT molecular complexity index is 284. The Morgan fingerprint density at radius 2 is 2.42 bits per heavy atom. The highest BCUT2D eigenvalue weighted by Crippen LogP contribution is 2.23. The van der Waals surface area contributed by atoms with Crippen LogP contribution in [0, 0.1) is 0 Å². The summed E-state index contributed by atoms with van der Waals surface area (Å²) < 4.78 is 0.975. The zero-order valence-corrected chi connectivity index (χ0v) is 8.34. The highest BCUT2D eigenvalue weighted by molar-refractivity contribution is 9.10. The summed E-state index contributed by atoms with van der Waals surface area (Å²) in [5.74, 6) is 0. The summed E-state index contributed by atoms with van der Waals surface area (Å²) in [6, 6.07) is 1.93. The maximum Gasteiger partial charge on any atom is 0.0433 e. The lowest BCUT2D eigenvalue weighted by Crippen LogP contribution is -1.99. The second-order valence-electron chi connectivity index (χ2n) is 2.50. The monoisotopic (exact) mass is 226 g/mol. The second-order valence-corrected chi connectivity index (χ2v) is 3.35. The Morgan fingerprint density at radius 3 is 3.00 bits per heavy atom. The minimum Gasteiger partial charge on any atom is -0.330 e. The van der Waals surface area contributed by atoms with Crippen molar-refractivity contribution in [3.63, 3.8) is 0 Å². The number of pyridine rings is 1. The number of halogens is 1. The number of rotatable bonds is 3. The third kappa shape index (κ3) is 2.16.